The van der Waals surface area contributed by atoms with Gasteiger partial charge < -0.3 is 15.0 Å². The first-order valence-electron chi connectivity index (χ1n) is 6.35. The lowest BCUT2D eigenvalue weighted by Gasteiger charge is -2.34. The van der Waals surface area contributed by atoms with Crippen molar-refractivity contribution < 1.29 is 9.66 Å². The van der Waals surface area contributed by atoms with E-state index in [4.69, 9.17) is 4.74 Å². The van der Waals surface area contributed by atoms with Crippen molar-refractivity contribution in [3.63, 3.8) is 0 Å². The van der Waals surface area contributed by atoms with Crippen LogP contribution in [0.3, 0.4) is 0 Å². The Morgan fingerprint density at radius 3 is 3.10 bits per heavy atom. The minimum absolute atomic E-state index is 0.0284. The molecule has 8 heteroatoms. The molecule has 0 aliphatic carbocycles. The van der Waals surface area contributed by atoms with Crippen molar-refractivity contribution in [1.82, 2.24) is 10.3 Å². The summed E-state index contributed by atoms with van der Waals surface area (Å²) in [4.78, 5) is 16.8. The topological polar surface area (TPSA) is 80.5 Å². The molecular formula is C12H17BrN4O3. The monoisotopic (exact) mass is 344 g/mol. The molecule has 7 nitrogen and oxygen atoms in total. The quantitative estimate of drug-likeness (QED) is 0.658. The highest BCUT2D eigenvalue weighted by Crippen LogP contribution is 2.33. The second-order valence-electron chi connectivity index (χ2n) is 4.66. The molecule has 1 N–H and O–H groups in total. The van der Waals surface area contributed by atoms with Crippen LogP contribution in [0.15, 0.2) is 10.7 Å². The van der Waals surface area contributed by atoms with Crippen LogP contribution < -0.4 is 10.2 Å². The predicted octanol–water partition coefficient (Wildman–Crippen LogP) is 1.49. The second-order valence-corrected chi connectivity index (χ2v) is 5.45. The molecule has 0 saturated carbocycles. The summed E-state index contributed by atoms with van der Waals surface area (Å²) in [5, 5.41) is 14.0. The number of aromatic nitrogens is 1. The number of likely N-dealkylation sites (N-methyl/N-ethyl adjacent to an activating group) is 1. The average molecular weight is 345 g/mol. The SMILES string of the molecule is CNCC1CN(c2ncc([N+](=O)[O-])c(C)c2Br)CCO1. The van der Waals surface area contributed by atoms with E-state index in [2.05, 4.69) is 31.1 Å². The van der Waals surface area contributed by atoms with Gasteiger partial charge >= 0.3 is 0 Å². The standard InChI is InChI=1S/C12H17BrN4O3/c1-8-10(17(18)19)6-15-12(11(8)13)16-3-4-20-9(7-16)5-14-2/h6,9,14H,3-5,7H2,1-2H3. The van der Waals surface area contributed by atoms with Crippen LogP contribution in [0.1, 0.15) is 5.56 Å². The van der Waals surface area contributed by atoms with Crippen molar-refractivity contribution in [2.75, 3.05) is 38.2 Å². The highest BCUT2D eigenvalue weighted by atomic mass is 79.9. The Balaban J connectivity index is 2.24. The molecular weight excluding hydrogens is 328 g/mol. The van der Waals surface area contributed by atoms with Crippen LogP contribution in [0.4, 0.5) is 11.5 Å². The van der Waals surface area contributed by atoms with Gasteiger partial charge in [-0.25, -0.2) is 4.98 Å². The summed E-state index contributed by atoms with van der Waals surface area (Å²) in [5.41, 5.74) is 0.623. The van der Waals surface area contributed by atoms with E-state index in [1.165, 1.54) is 6.20 Å². The van der Waals surface area contributed by atoms with Crippen LogP contribution in [0.2, 0.25) is 0 Å². The number of anilines is 1. The number of halogens is 1. The van der Waals surface area contributed by atoms with E-state index < -0.39 is 4.92 Å². The lowest BCUT2D eigenvalue weighted by atomic mass is 10.2. The van der Waals surface area contributed by atoms with Crippen molar-refractivity contribution in [2.45, 2.75) is 13.0 Å². The summed E-state index contributed by atoms with van der Waals surface area (Å²) in [5.74, 6) is 0.734. The molecule has 1 aromatic heterocycles. The number of nitrogens with zero attached hydrogens (tertiary/aromatic N) is 3. The molecule has 2 rings (SSSR count). The molecule has 1 saturated heterocycles. The minimum Gasteiger partial charge on any atom is -0.373 e. The van der Waals surface area contributed by atoms with Gasteiger partial charge in [0, 0.05) is 25.2 Å². The second kappa shape index (κ2) is 6.47. The van der Waals surface area contributed by atoms with Crippen molar-refractivity contribution in [3.8, 4) is 0 Å². The van der Waals surface area contributed by atoms with Gasteiger partial charge in [-0.2, -0.15) is 0 Å². The molecule has 1 aromatic rings. The van der Waals surface area contributed by atoms with Crippen molar-refractivity contribution in [2.24, 2.45) is 0 Å². The lowest BCUT2D eigenvalue weighted by Crippen LogP contribution is -2.46. The average Bonchev–Trinajstić information content (AvgIpc) is 2.42. The van der Waals surface area contributed by atoms with Crippen LogP contribution in [0.5, 0.6) is 0 Å². The fraction of sp³-hybridized carbons (Fsp3) is 0.583. The Labute approximate surface area is 125 Å². The van der Waals surface area contributed by atoms with Gasteiger partial charge in [0.25, 0.3) is 5.69 Å². The fourth-order valence-electron chi connectivity index (χ4n) is 2.22. The van der Waals surface area contributed by atoms with Crippen LogP contribution in [0, 0.1) is 17.0 Å². The maximum Gasteiger partial charge on any atom is 0.291 e. The molecule has 1 aliphatic rings. The third-order valence-electron chi connectivity index (χ3n) is 3.29. The minimum atomic E-state index is -0.417. The summed E-state index contributed by atoms with van der Waals surface area (Å²) in [6, 6.07) is 0. The van der Waals surface area contributed by atoms with Gasteiger partial charge in [0.2, 0.25) is 0 Å². The molecule has 0 radical (unpaired) electrons. The molecule has 110 valence electrons. The van der Waals surface area contributed by atoms with Gasteiger partial charge in [0.1, 0.15) is 12.0 Å². The number of rotatable bonds is 4. The van der Waals surface area contributed by atoms with Crippen LogP contribution in [-0.2, 0) is 4.74 Å². The zero-order valence-electron chi connectivity index (χ0n) is 11.4. The van der Waals surface area contributed by atoms with Crippen molar-refractivity contribution >= 4 is 27.4 Å². The normalized spacial score (nSPS) is 19.1. The smallest absolute Gasteiger partial charge is 0.291 e. The van der Waals surface area contributed by atoms with E-state index in [1.807, 2.05) is 7.05 Å². The first kappa shape index (κ1) is 15.1. The first-order chi connectivity index (χ1) is 9.54. The van der Waals surface area contributed by atoms with Gasteiger partial charge in [0.05, 0.1) is 22.1 Å². The number of nitrogens with one attached hydrogen (secondary N) is 1. The number of ether oxygens (including phenoxy) is 1. The highest BCUT2D eigenvalue weighted by molar-refractivity contribution is 9.10. The molecule has 2 heterocycles. The molecule has 1 atom stereocenters. The Hall–Kier alpha value is -1.25. The Morgan fingerprint density at radius 1 is 1.70 bits per heavy atom. The molecule has 0 aromatic carbocycles. The van der Waals surface area contributed by atoms with Crippen molar-refractivity contribution in [3.05, 3.63) is 26.3 Å². The Bertz CT molecular complexity index is 510. The summed E-state index contributed by atoms with van der Waals surface area (Å²) in [6.07, 6.45) is 1.41. The molecule has 20 heavy (non-hydrogen) atoms. The number of hydrogen-bond donors (Lipinski definition) is 1. The van der Waals surface area contributed by atoms with E-state index in [0.717, 1.165) is 18.9 Å². The van der Waals surface area contributed by atoms with Gasteiger partial charge in [-0.3, -0.25) is 10.1 Å². The summed E-state index contributed by atoms with van der Waals surface area (Å²) in [7, 11) is 1.88. The molecule has 1 aliphatic heterocycles. The molecule has 0 spiro atoms. The number of hydrogen-bond acceptors (Lipinski definition) is 6. The summed E-state index contributed by atoms with van der Waals surface area (Å²) >= 11 is 3.43. The zero-order chi connectivity index (χ0) is 14.7. The first-order valence-corrected chi connectivity index (χ1v) is 7.14. The maximum absolute atomic E-state index is 10.9. The van der Waals surface area contributed by atoms with E-state index in [1.54, 1.807) is 6.92 Å². The third kappa shape index (κ3) is 3.08. The third-order valence-corrected chi connectivity index (χ3v) is 4.24. The number of nitro groups is 1. The van der Waals surface area contributed by atoms with E-state index in [9.17, 15) is 10.1 Å². The van der Waals surface area contributed by atoms with E-state index in [-0.39, 0.29) is 11.8 Å². The molecule has 1 fully saturated rings. The largest absolute Gasteiger partial charge is 0.373 e. The Kier molecular flexibility index (Phi) is 4.90. The molecule has 0 amide bonds. The zero-order valence-corrected chi connectivity index (χ0v) is 13.0. The Morgan fingerprint density at radius 2 is 2.45 bits per heavy atom. The van der Waals surface area contributed by atoms with E-state index in [0.29, 0.717) is 23.2 Å². The van der Waals surface area contributed by atoms with Crippen molar-refractivity contribution in [1.29, 1.82) is 0 Å². The predicted molar refractivity (Wildman–Crippen MR) is 79.2 cm³/mol. The lowest BCUT2D eigenvalue weighted by molar-refractivity contribution is -0.385. The fourth-order valence-corrected chi connectivity index (χ4v) is 2.78. The van der Waals surface area contributed by atoms with E-state index >= 15 is 0 Å². The molecule has 0 bridgehead atoms. The van der Waals surface area contributed by atoms with Crippen LogP contribution >= 0.6 is 15.9 Å². The molecule has 1 unspecified atom stereocenters. The van der Waals surface area contributed by atoms with Crippen LogP contribution in [0.25, 0.3) is 0 Å². The summed E-state index contributed by atoms with van der Waals surface area (Å²) in [6.45, 7) is 4.54. The van der Waals surface area contributed by atoms with Gasteiger partial charge in [-0.15, -0.1) is 0 Å². The highest BCUT2D eigenvalue weighted by Gasteiger charge is 2.25. The van der Waals surface area contributed by atoms with Crippen LogP contribution in [-0.4, -0.2) is 49.3 Å². The maximum atomic E-state index is 10.9. The number of pyridine rings is 1. The number of morpholine rings is 1. The van der Waals surface area contributed by atoms with Gasteiger partial charge in [-0.05, 0) is 29.9 Å². The van der Waals surface area contributed by atoms with Gasteiger partial charge in [-0.1, -0.05) is 0 Å². The summed E-state index contributed by atoms with van der Waals surface area (Å²) < 4.78 is 6.32. The van der Waals surface area contributed by atoms with Gasteiger partial charge in [0.15, 0.2) is 0 Å².